The van der Waals surface area contributed by atoms with Crippen LogP contribution in [0.25, 0.3) is 0 Å². The molecule has 0 aliphatic rings. The van der Waals surface area contributed by atoms with E-state index in [1.165, 1.54) is 5.56 Å². The average Bonchev–Trinajstić information content (AvgIpc) is 2.27. The highest BCUT2D eigenvalue weighted by Gasteiger charge is 1.95. The molecule has 0 aliphatic heterocycles. The van der Waals surface area contributed by atoms with Crippen LogP contribution in [-0.4, -0.2) is 18.1 Å². The van der Waals surface area contributed by atoms with Gasteiger partial charge in [0, 0.05) is 6.54 Å². The maximum Gasteiger partial charge on any atom is 0.148 e. The molecule has 2 nitrogen and oxygen atoms in total. The Hall–Kier alpha value is -1.53. The molecule has 3 heteroatoms. The van der Waals surface area contributed by atoms with Crippen LogP contribution in [0.2, 0.25) is 0 Å². The van der Waals surface area contributed by atoms with Gasteiger partial charge < -0.3 is 10.1 Å². The minimum atomic E-state index is 0.311. The zero-order chi connectivity index (χ0) is 11.8. The van der Waals surface area contributed by atoms with Crippen LogP contribution in [-0.2, 0) is 6.42 Å². The molecule has 84 valence electrons. The Morgan fingerprint density at radius 1 is 1.44 bits per heavy atom. The van der Waals surface area contributed by atoms with Crippen LogP contribution < -0.4 is 10.1 Å². The minimum Gasteiger partial charge on any atom is -0.481 e. The van der Waals surface area contributed by atoms with Crippen molar-refractivity contribution in [2.45, 2.75) is 13.3 Å². The van der Waals surface area contributed by atoms with Gasteiger partial charge in [0.05, 0.1) is 4.99 Å². The van der Waals surface area contributed by atoms with Crippen LogP contribution in [0.15, 0.2) is 24.3 Å². The smallest absolute Gasteiger partial charge is 0.148 e. The van der Waals surface area contributed by atoms with Crippen molar-refractivity contribution in [3.63, 3.8) is 0 Å². The monoisotopic (exact) mass is 233 g/mol. The first kappa shape index (κ1) is 12.5. The third-order valence-corrected chi connectivity index (χ3v) is 2.18. The van der Waals surface area contributed by atoms with Gasteiger partial charge in [0.25, 0.3) is 0 Å². The third-order valence-electron chi connectivity index (χ3n) is 2.03. The molecule has 1 aromatic carbocycles. The van der Waals surface area contributed by atoms with Gasteiger partial charge >= 0.3 is 0 Å². The average molecular weight is 233 g/mol. The first-order chi connectivity index (χ1) is 7.72. The molecule has 0 radical (unpaired) electrons. The molecule has 0 saturated heterocycles. The molecule has 0 unspecified atom stereocenters. The maximum atomic E-state index is 5.28. The minimum absolute atomic E-state index is 0.311. The second-order valence-corrected chi connectivity index (χ2v) is 3.98. The van der Waals surface area contributed by atoms with Crippen LogP contribution in [0.4, 0.5) is 0 Å². The van der Waals surface area contributed by atoms with Gasteiger partial charge in [-0.15, -0.1) is 6.42 Å². The lowest BCUT2D eigenvalue weighted by atomic mass is 10.1. The summed E-state index contributed by atoms with van der Waals surface area (Å²) < 4.78 is 5.28. The summed E-state index contributed by atoms with van der Waals surface area (Å²) in [6.07, 6.45) is 6.05. The molecule has 0 amide bonds. The summed E-state index contributed by atoms with van der Waals surface area (Å²) in [7, 11) is 0. The summed E-state index contributed by atoms with van der Waals surface area (Å²) in [5, 5.41) is 3.12. The van der Waals surface area contributed by atoms with Crippen LogP contribution in [0.1, 0.15) is 12.5 Å². The van der Waals surface area contributed by atoms with E-state index < -0.39 is 0 Å². The summed E-state index contributed by atoms with van der Waals surface area (Å²) in [5.41, 5.74) is 1.25. The molecule has 0 aliphatic carbocycles. The maximum absolute atomic E-state index is 5.28. The Labute approximate surface area is 102 Å². The van der Waals surface area contributed by atoms with E-state index in [4.69, 9.17) is 23.4 Å². The van der Waals surface area contributed by atoms with Crippen molar-refractivity contribution in [1.82, 2.24) is 5.32 Å². The zero-order valence-corrected chi connectivity index (χ0v) is 10.1. The molecule has 16 heavy (non-hydrogen) atoms. The molecule has 1 aromatic rings. The first-order valence-corrected chi connectivity index (χ1v) is 5.53. The second kappa shape index (κ2) is 6.86. The SMILES string of the molecule is C#CCOc1ccc(CCNC(C)=S)cc1. The fourth-order valence-corrected chi connectivity index (χ4v) is 1.36. The van der Waals surface area contributed by atoms with Crippen molar-refractivity contribution in [3.05, 3.63) is 29.8 Å². The van der Waals surface area contributed by atoms with Gasteiger partial charge in [0.1, 0.15) is 12.4 Å². The molecule has 0 bridgehead atoms. The van der Waals surface area contributed by atoms with Crippen molar-refractivity contribution >= 4 is 17.2 Å². The Bertz CT molecular complexity index is 378. The van der Waals surface area contributed by atoms with E-state index in [0.29, 0.717) is 6.61 Å². The molecule has 1 N–H and O–H groups in total. The fourth-order valence-electron chi connectivity index (χ4n) is 1.26. The fraction of sp³-hybridized carbons (Fsp3) is 0.308. The lowest BCUT2D eigenvalue weighted by molar-refractivity contribution is 0.370. The number of hydrogen-bond acceptors (Lipinski definition) is 2. The predicted molar refractivity (Wildman–Crippen MR) is 70.7 cm³/mol. The van der Waals surface area contributed by atoms with Gasteiger partial charge in [-0.3, -0.25) is 0 Å². The summed E-state index contributed by atoms with van der Waals surface area (Å²) in [6.45, 7) is 3.05. The number of benzene rings is 1. The van der Waals surface area contributed by atoms with Gasteiger partial charge in [-0.25, -0.2) is 0 Å². The lowest BCUT2D eigenvalue weighted by Crippen LogP contribution is -2.20. The topological polar surface area (TPSA) is 21.3 Å². The summed E-state index contributed by atoms with van der Waals surface area (Å²) in [6, 6.07) is 7.92. The van der Waals surface area contributed by atoms with Crippen molar-refractivity contribution in [2.75, 3.05) is 13.2 Å². The Morgan fingerprint density at radius 3 is 2.69 bits per heavy atom. The zero-order valence-electron chi connectivity index (χ0n) is 9.32. The number of ether oxygens (including phenoxy) is 1. The van der Waals surface area contributed by atoms with Crippen LogP contribution in [0.3, 0.4) is 0 Å². The first-order valence-electron chi connectivity index (χ1n) is 5.12. The van der Waals surface area contributed by atoms with Crippen LogP contribution >= 0.6 is 12.2 Å². The molecule has 0 saturated carbocycles. The number of hydrogen-bond donors (Lipinski definition) is 1. The highest BCUT2D eigenvalue weighted by atomic mass is 32.1. The molecule has 0 atom stereocenters. The summed E-state index contributed by atoms with van der Waals surface area (Å²) in [5.74, 6) is 3.24. The van der Waals surface area contributed by atoms with Crippen molar-refractivity contribution in [3.8, 4) is 18.1 Å². The van der Waals surface area contributed by atoms with Gasteiger partial charge in [0.2, 0.25) is 0 Å². The van der Waals surface area contributed by atoms with Crippen LogP contribution in [0, 0.1) is 12.3 Å². The third kappa shape index (κ3) is 4.81. The van der Waals surface area contributed by atoms with Crippen molar-refractivity contribution in [1.29, 1.82) is 0 Å². The Morgan fingerprint density at radius 2 is 2.12 bits per heavy atom. The van der Waals surface area contributed by atoms with E-state index in [2.05, 4.69) is 11.2 Å². The predicted octanol–water partition coefficient (Wildman–Crippen LogP) is 2.18. The largest absolute Gasteiger partial charge is 0.481 e. The molecular formula is C13H15NOS. The molecule has 0 aromatic heterocycles. The normalized spacial score (nSPS) is 9.25. The standard InChI is InChI=1S/C13H15NOS/c1-3-10-15-13-6-4-12(5-7-13)8-9-14-11(2)16/h1,4-7H,8-10H2,2H3,(H,14,16). The van der Waals surface area contributed by atoms with E-state index in [1.807, 2.05) is 31.2 Å². The molecule has 0 heterocycles. The highest BCUT2D eigenvalue weighted by Crippen LogP contribution is 2.12. The van der Waals surface area contributed by atoms with Gasteiger partial charge in [-0.05, 0) is 31.0 Å². The Balaban J connectivity index is 2.39. The molecular weight excluding hydrogens is 218 g/mol. The molecule has 0 fully saturated rings. The number of rotatable bonds is 5. The highest BCUT2D eigenvalue weighted by molar-refractivity contribution is 7.80. The molecule has 0 spiro atoms. The van der Waals surface area contributed by atoms with Crippen molar-refractivity contribution < 1.29 is 4.74 Å². The summed E-state index contributed by atoms with van der Waals surface area (Å²) >= 11 is 4.93. The number of thiocarbonyl (C=S) groups is 1. The number of terminal acetylenes is 1. The quantitative estimate of drug-likeness (QED) is 0.622. The van der Waals surface area contributed by atoms with E-state index in [-0.39, 0.29) is 0 Å². The van der Waals surface area contributed by atoms with Crippen molar-refractivity contribution in [2.24, 2.45) is 0 Å². The second-order valence-electron chi connectivity index (χ2n) is 3.37. The number of nitrogens with one attached hydrogen (secondary N) is 1. The van der Waals surface area contributed by atoms with Gasteiger partial charge in [0.15, 0.2) is 0 Å². The van der Waals surface area contributed by atoms with E-state index in [9.17, 15) is 0 Å². The van der Waals surface area contributed by atoms with E-state index in [0.717, 1.165) is 23.7 Å². The summed E-state index contributed by atoms with van der Waals surface area (Å²) in [4.78, 5) is 0.828. The van der Waals surface area contributed by atoms with Gasteiger partial charge in [-0.1, -0.05) is 30.3 Å². The van der Waals surface area contributed by atoms with E-state index >= 15 is 0 Å². The van der Waals surface area contributed by atoms with Gasteiger partial charge in [-0.2, -0.15) is 0 Å². The lowest BCUT2D eigenvalue weighted by Gasteiger charge is -2.05. The Kier molecular flexibility index (Phi) is 5.38. The molecule has 1 rings (SSSR count). The van der Waals surface area contributed by atoms with E-state index in [1.54, 1.807) is 0 Å². The van der Waals surface area contributed by atoms with Crippen LogP contribution in [0.5, 0.6) is 5.75 Å².